The molecule has 0 saturated heterocycles. The summed E-state index contributed by atoms with van der Waals surface area (Å²) in [6.45, 7) is 3.10. The molecule has 1 N–H and O–H groups in total. The van der Waals surface area contributed by atoms with Crippen molar-refractivity contribution in [2.75, 3.05) is 50.5 Å². The van der Waals surface area contributed by atoms with E-state index >= 15 is 0 Å². The van der Waals surface area contributed by atoms with Crippen molar-refractivity contribution in [3.05, 3.63) is 51.5 Å². The molecule has 0 spiro atoms. The Kier molecular flexibility index (Phi) is 6.79. The van der Waals surface area contributed by atoms with Gasteiger partial charge in [-0.05, 0) is 54.0 Å². The molecular formula is C28H28F3N5O4S2. The summed E-state index contributed by atoms with van der Waals surface area (Å²) in [5.74, 6) is -0.538. The quantitative estimate of drug-likeness (QED) is 0.426. The number of sulfone groups is 1. The van der Waals surface area contributed by atoms with E-state index < -0.39 is 33.2 Å². The highest BCUT2D eigenvalue weighted by Gasteiger charge is 2.39. The number of halogens is 3. The average Bonchev–Trinajstić information content (AvgIpc) is 3.70. The number of hydrogen-bond donors (Lipinski definition) is 1. The van der Waals surface area contributed by atoms with E-state index in [0.717, 1.165) is 54.9 Å². The zero-order chi connectivity index (χ0) is 29.2. The Morgan fingerprint density at radius 1 is 1.05 bits per heavy atom. The molecule has 1 aromatic carbocycles. The van der Waals surface area contributed by atoms with Crippen LogP contribution in [0.3, 0.4) is 0 Å². The minimum Gasteiger partial charge on any atom is -0.378 e. The Bertz CT molecular complexity index is 1690. The zero-order valence-corrected chi connectivity index (χ0v) is 24.2. The first-order valence-corrected chi connectivity index (χ1v) is 16.4. The molecule has 3 aromatic rings. The monoisotopic (exact) mass is 619 g/mol. The van der Waals surface area contributed by atoms with Crippen molar-refractivity contribution < 1.29 is 31.1 Å². The predicted molar refractivity (Wildman–Crippen MR) is 150 cm³/mol. The Labute approximate surface area is 244 Å². The van der Waals surface area contributed by atoms with E-state index in [0.29, 0.717) is 37.0 Å². The molecule has 222 valence electrons. The highest BCUT2D eigenvalue weighted by atomic mass is 32.2. The summed E-state index contributed by atoms with van der Waals surface area (Å²) in [5.41, 5.74) is 2.69. The number of hydrogen-bond acceptors (Lipinski definition) is 9. The van der Waals surface area contributed by atoms with Crippen LogP contribution in [0.4, 0.5) is 24.8 Å². The van der Waals surface area contributed by atoms with Crippen LogP contribution in [0, 0.1) is 0 Å². The Hall–Kier alpha value is -3.07. The lowest BCUT2D eigenvalue weighted by molar-refractivity contribution is -0.137. The second-order valence-corrected chi connectivity index (χ2v) is 14.2. The van der Waals surface area contributed by atoms with Crippen molar-refractivity contribution in [1.82, 2.24) is 19.8 Å². The van der Waals surface area contributed by atoms with Gasteiger partial charge in [-0.15, -0.1) is 11.3 Å². The third-order valence-electron chi connectivity index (χ3n) is 8.26. The molecule has 3 aliphatic heterocycles. The van der Waals surface area contributed by atoms with Gasteiger partial charge in [0.05, 0.1) is 34.4 Å². The van der Waals surface area contributed by atoms with Crippen molar-refractivity contribution in [2.45, 2.75) is 42.8 Å². The van der Waals surface area contributed by atoms with E-state index in [2.05, 4.69) is 32.3 Å². The number of ether oxygens (including phenoxy) is 1. The number of fused-ring (bicyclic) bond motifs is 7. The number of amides is 1. The van der Waals surface area contributed by atoms with E-state index in [-0.39, 0.29) is 46.0 Å². The minimum absolute atomic E-state index is 0.0233. The van der Waals surface area contributed by atoms with Crippen molar-refractivity contribution in [3.8, 4) is 10.6 Å². The normalized spacial score (nSPS) is 22.2. The smallest absolute Gasteiger partial charge is 0.378 e. The first kappa shape index (κ1) is 27.7. The van der Waals surface area contributed by atoms with Crippen LogP contribution in [-0.2, 0) is 33.7 Å². The molecule has 1 aliphatic carbocycles. The van der Waals surface area contributed by atoms with Gasteiger partial charge < -0.3 is 15.0 Å². The van der Waals surface area contributed by atoms with E-state index in [1.807, 2.05) is 0 Å². The number of carbonyl (C=O) groups is 1. The van der Waals surface area contributed by atoms with Crippen LogP contribution in [0.5, 0.6) is 0 Å². The summed E-state index contributed by atoms with van der Waals surface area (Å²) in [4.78, 5) is 25.0. The third-order valence-corrected chi connectivity index (χ3v) is 11.2. The van der Waals surface area contributed by atoms with Crippen molar-refractivity contribution in [2.24, 2.45) is 0 Å². The van der Waals surface area contributed by atoms with Crippen LogP contribution in [-0.4, -0.2) is 79.2 Å². The maximum absolute atomic E-state index is 14.2. The highest BCUT2D eigenvalue weighted by molar-refractivity contribution is 7.91. The van der Waals surface area contributed by atoms with Gasteiger partial charge in [-0.1, -0.05) is 6.07 Å². The van der Waals surface area contributed by atoms with Crippen LogP contribution >= 0.6 is 11.3 Å². The summed E-state index contributed by atoms with van der Waals surface area (Å²) < 4.78 is 74.7. The van der Waals surface area contributed by atoms with Gasteiger partial charge in [-0.25, -0.2) is 18.4 Å². The maximum Gasteiger partial charge on any atom is 0.420 e. The maximum atomic E-state index is 14.2. The number of nitrogens with one attached hydrogen (secondary N) is 1. The fourth-order valence-corrected chi connectivity index (χ4v) is 8.77. The fourth-order valence-electron chi connectivity index (χ4n) is 5.82. The Morgan fingerprint density at radius 2 is 1.86 bits per heavy atom. The highest BCUT2D eigenvalue weighted by Crippen LogP contribution is 2.46. The number of carbonyl (C=O) groups excluding carboxylic acids is 1. The molecule has 2 aromatic heterocycles. The molecule has 1 fully saturated rings. The van der Waals surface area contributed by atoms with Gasteiger partial charge in [0, 0.05) is 44.6 Å². The number of rotatable bonds is 1. The lowest BCUT2D eigenvalue weighted by atomic mass is 9.94. The first-order valence-electron chi connectivity index (χ1n) is 13.9. The third kappa shape index (κ3) is 5.18. The number of aromatic nitrogens is 2. The topological polar surface area (TPSA) is 105 Å². The number of thiophene rings is 1. The van der Waals surface area contributed by atoms with E-state index in [1.165, 1.54) is 10.5 Å². The summed E-state index contributed by atoms with van der Waals surface area (Å²) in [7, 11) is -3.92. The second-order valence-electron chi connectivity index (χ2n) is 11.1. The molecule has 1 amide bonds. The molecular weight excluding hydrogens is 591 g/mol. The lowest BCUT2D eigenvalue weighted by Crippen LogP contribution is -2.36. The van der Waals surface area contributed by atoms with Crippen LogP contribution in [0.1, 0.15) is 50.7 Å². The van der Waals surface area contributed by atoms with E-state index in [1.54, 1.807) is 0 Å². The standard InChI is InChI=1S/C28H28F3N5O4S2/c29-28(30,31)20-14-32-27-33-21-12-18-15-35(4-3-17(18)11-19(21)16-1-2-16)5-8-40-9-6-36-7-10-42(38,39)23-13-22(24(20)34-27)41-25(23)26(36)37/h11-14,16H,1-10,15H2,(H,32,33,34). The van der Waals surface area contributed by atoms with E-state index in [9.17, 15) is 26.4 Å². The molecule has 0 radical (unpaired) electrons. The molecule has 42 heavy (non-hydrogen) atoms. The fraction of sp³-hybridized carbons (Fsp3) is 0.464. The van der Waals surface area contributed by atoms with Crippen LogP contribution in [0.2, 0.25) is 0 Å². The zero-order valence-electron chi connectivity index (χ0n) is 22.5. The van der Waals surface area contributed by atoms with Crippen molar-refractivity contribution in [3.63, 3.8) is 0 Å². The summed E-state index contributed by atoms with van der Waals surface area (Å²) in [6, 6.07) is 5.41. The van der Waals surface area contributed by atoms with Gasteiger partial charge in [0.25, 0.3) is 5.91 Å². The molecule has 5 heterocycles. The average molecular weight is 620 g/mol. The van der Waals surface area contributed by atoms with Gasteiger partial charge in [-0.3, -0.25) is 9.69 Å². The molecule has 7 rings (SSSR count). The van der Waals surface area contributed by atoms with Gasteiger partial charge in [0.1, 0.15) is 10.4 Å². The summed E-state index contributed by atoms with van der Waals surface area (Å²) in [6.07, 6.45) is -1.12. The Balaban J connectivity index is 1.38. The van der Waals surface area contributed by atoms with Gasteiger partial charge in [0.15, 0.2) is 9.84 Å². The number of anilines is 2. The minimum atomic E-state index is -4.80. The SMILES string of the molecule is O=C1c2sc3cc2S(=O)(=O)CCN1CCOCCN1CCc2cc(C4CC4)c(cc2C1)Nc1ncc(C(F)(F)F)c-3n1. The molecule has 8 bridgehead atoms. The van der Waals surface area contributed by atoms with Crippen molar-refractivity contribution in [1.29, 1.82) is 0 Å². The molecule has 4 aliphatic rings. The van der Waals surface area contributed by atoms with Gasteiger partial charge in [0.2, 0.25) is 5.95 Å². The Morgan fingerprint density at radius 3 is 2.64 bits per heavy atom. The molecule has 9 nitrogen and oxygen atoms in total. The molecule has 1 saturated carbocycles. The largest absolute Gasteiger partial charge is 0.420 e. The van der Waals surface area contributed by atoms with Crippen LogP contribution in [0.25, 0.3) is 10.6 Å². The second kappa shape index (κ2) is 10.3. The lowest BCUT2D eigenvalue weighted by Gasteiger charge is -2.30. The predicted octanol–water partition coefficient (Wildman–Crippen LogP) is 4.46. The molecule has 14 heteroatoms. The van der Waals surface area contributed by atoms with Gasteiger partial charge >= 0.3 is 6.18 Å². The van der Waals surface area contributed by atoms with Crippen LogP contribution < -0.4 is 5.32 Å². The number of nitrogens with zero attached hydrogens (tertiary/aromatic N) is 4. The van der Waals surface area contributed by atoms with Crippen LogP contribution in [0.15, 0.2) is 29.3 Å². The van der Waals surface area contributed by atoms with E-state index in [4.69, 9.17) is 4.74 Å². The summed E-state index contributed by atoms with van der Waals surface area (Å²) in [5, 5.41) is 3.18. The summed E-state index contributed by atoms with van der Waals surface area (Å²) >= 11 is 0.710. The van der Waals surface area contributed by atoms with Gasteiger partial charge in [-0.2, -0.15) is 13.2 Å². The first-order chi connectivity index (χ1) is 20.1. The molecule has 1 unspecified atom stereocenters. The molecule has 1 atom stereocenters. The number of benzene rings is 1. The van der Waals surface area contributed by atoms with Crippen molar-refractivity contribution >= 4 is 38.7 Å². The number of alkyl halides is 3.